The van der Waals surface area contributed by atoms with Gasteiger partial charge >= 0.3 is 0 Å². The highest BCUT2D eigenvalue weighted by molar-refractivity contribution is 7.80. The van der Waals surface area contributed by atoms with Crippen molar-refractivity contribution in [3.63, 3.8) is 0 Å². The predicted molar refractivity (Wildman–Crippen MR) is 118 cm³/mol. The minimum Gasteiger partial charge on any atom is -0.497 e. The monoisotopic (exact) mass is 388 g/mol. The smallest absolute Gasteiger partial charge is 0.129 e. The van der Waals surface area contributed by atoms with Gasteiger partial charge in [-0.3, -0.25) is 4.99 Å². The van der Waals surface area contributed by atoms with Gasteiger partial charge in [0, 0.05) is 12.5 Å². The maximum absolute atomic E-state index is 6.02. The van der Waals surface area contributed by atoms with Gasteiger partial charge in [-0.25, -0.2) is 0 Å². The Kier molecular flexibility index (Phi) is 5.08. The van der Waals surface area contributed by atoms with Crippen molar-refractivity contribution in [3.8, 4) is 17.2 Å². The zero-order chi connectivity index (χ0) is 19.5. The summed E-state index contributed by atoms with van der Waals surface area (Å²) in [4.78, 5) is 5.62. The SMILES string of the molecule is COc1ccc(C2=Nc3cc(Oc4cccc(C)c4)ccc3NC(=S)C2)cc1. The first kappa shape index (κ1) is 18.2. The molecule has 1 aliphatic rings. The molecule has 140 valence electrons. The average Bonchev–Trinajstić information content (AvgIpc) is 2.86. The molecule has 28 heavy (non-hydrogen) atoms. The summed E-state index contributed by atoms with van der Waals surface area (Å²) < 4.78 is 11.3. The molecular weight excluding hydrogens is 368 g/mol. The number of benzene rings is 3. The van der Waals surface area contributed by atoms with Gasteiger partial charge in [0.15, 0.2) is 0 Å². The molecule has 1 aliphatic heterocycles. The third kappa shape index (κ3) is 4.05. The Labute approximate surface area is 169 Å². The van der Waals surface area contributed by atoms with E-state index in [0.29, 0.717) is 6.42 Å². The van der Waals surface area contributed by atoms with Crippen LogP contribution in [0.2, 0.25) is 0 Å². The molecule has 0 aromatic heterocycles. The number of rotatable bonds is 4. The van der Waals surface area contributed by atoms with Crippen molar-refractivity contribution in [2.24, 2.45) is 4.99 Å². The van der Waals surface area contributed by atoms with Gasteiger partial charge in [0.05, 0.1) is 29.2 Å². The molecule has 3 aromatic carbocycles. The molecule has 0 unspecified atom stereocenters. The van der Waals surface area contributed by atoms with E-state index in [4.69, 9.17) is 26.7 Å². The summed E-state index contributed by atoms with van der Waals surface area (Å²) in [5.74, 6) is 2.35. The van der Waals surface area contributed by atoms with Crippen LogP contribution >= 0.6 is 12.2 Å². The Morgan fingerprint density at radius 3 is 2.43 bits per heavy atom. The Morgan fingerprint density at radius 2 is 1.68 bits per heavy atom. The molecule has 1 heterocycles. The van der Waals surface area contributed by atoms with Crippen LogP contribution in [0.4, 0.5) is 11.4 Å². The van der Waals surface area contributed by atoms with Gasteiger partial charge in [-0.2, -0.15) is 0 Å². The first-order valence-corrected chi connectivity index (χ1v) is 9.42. The summed E-state index contributed by atoms with van der Waals surface area (Å²) in [7, 11) is 1.66. The molecule has 0 radical (unpaired) electrons. The number of fused-ring (bicyclic) bond motifs is 1. The Morgan fingerprint density at radius 1 is 0.929 bits per heavy atom. The normalized spacial score (nSPS) is 13.1. The lowest BCUT2D eigenvalue weighted by molar-refractivity contribution is 0.415. The molecule has 3 aromatic rings. The summed E-state index contributed by atoms with van der Waals surface area (Å²) in [6.07, 6.45) is 0.574. The van der Waals surface area contributed by atoms with Crippen LogP contribution in [0.5, 0.6) is 17.2 Å². The second-order valence-corrected chi connectivity index (χ2v) is 7.10. The predicted octanol–water partition coefficient (Wildman–Crippen LogP) is 6.06. The second-order valence-electron chi connectivity index (χ2n) is 6.61. The highest BCUT2D eigenvalue weighted by Gasteiger charge is 2.16. The van der Waals surface area contributed by atoms with Crippen LogP contribution in [-0.4, -0.2) is 17.8 Å². The van der Waals surface area contributed by atoms with Crippen molar-refractivity contribution >= 4 is 34.3 Å². The van der Waals surface area contributed by atoms with Gasteiger partial charge in [-0.15, -0.1) is 0 Å². The van der Waals surface area contributed by atoms with Crippen LogP contribution < -0.4 is 14.8 Å². The summed E-state index contributed by atoms with van der Waals surface area (Å²) in [5, 5.41) is 3.28. The highest BCUT2D eigenvalue weighted by atomic mass is 32.1. The lowest BCUT2D eigenvalue weighted by Crippen LogP contribution is -2.12. The zero-order valence-electron chi connectivity index (χ0n) is 15.7. The van der Waals surface area contributed by atoms with E-state index in [0.717, 1.165) is 50.5 Å². The summed E-state index contributed by atoms with van der Waals surface area (Å²) in [6.45, 7) is 2.04. The third-order valence-corrected chi connectivity index (χ3v) is 4.72. The fourth-order valence-electron chi connectivity index (χ4n) is 3.07. The number of aliphatic imine (C=N–C) groups is 1. The number of hydrogen-bond acceptors (Lipinski definition) is 4. The average molecular weight is 388 g/mol. The van der Waals surface area contributed by atoms with E-state index >= 15 is 0 Å². The van der Waals surface area contributed by atoms with Gasteiger partial charge in [0.25, 0.3) is 0 Å². The zero-order valence-corrected chi connectivity index (χ0v) is 16.5. The fraction of sp³-hybridized carbons (Fsp3) is 0.130. The lowest BCUT2D eigenvalue weighted by Gasteiger charge is -2.10. The van der Waals surface area contributed by atoms with E-state index < -0.39 is 0 Å². The Hall–Kier alpha value is -3.18. The van der Waals surface area contributed by atoms with Gasteiger partial charge in [-0.1, -0.05) is 24.4 Å². The number of methoxy groups -OCH3 is 1. The van der Waals surface area contributed by atoms with Crippen LogP contribution in [-0.2, 0) is 0 Å². The van der Waals surface area contributed by atoms with Gasteiger partial charge in [0.2, 0.25) is 0 Å². The Balaban J connectivity index is 1.69. The maximum Gasteiger partial charge on any atom is 0.129 e. The largest absolute Gasteiger partial charge is 0.497 e. The van der Waals surface area contributed by atoms with Crippen LogP contribution in [0.1, 0.15) is 17.5 Å². The van der Waals surface area contributed by atoms with Crippen molar-refractivity contribution in [1.29, 1.82) is 0 Å². The summed E-state index contributed by atoms with van der Waals surface area (Å²) in [6, 6.07) is 21.6. The molecule has 0 fully saturated rings. The number of hydrogen-bond donors (Lipinski definition) is 1. The summed E-state index contributed by atoms with van der Waals surface area (Å²) in [5.41, 5.74) is 4.76. The highest BCUT2D eigenvalue weighted by Crippen LogP contribution is 2.35. The molecule has 5 heteroatoms. The van der Waals surface area contributed by atoms with E-state index in [1.165, 1.54) is 0 Å². The number of thiocarbonyl (C=S) groups is 1. The van der Waals surface area contributed by atoms with Crippen LogP contribution in [0.25, 0.3) is 0 Å². The van der Waals surface area contributed by atoms with Crippen molar-refractivity contribution in [1.82, 2.24) is 0 Å². The van der Waals surface area contributed by atoms with E-state index in [1.54, 1.807) is 7.11 Å². The number of aryl methyl sites for hydroxylation is 1. The van der Waals surface area contributed by atoms with Crippen molar-refractivity contribution in [2.75, 3.05) is 12.4 Å². The van der Waals surface area contributed by atoms with Crippen LogP contribution in [0.15, 0.2) is 71.7 Å². The molecule has 1 N–H and O–H groups in total. The molecule has 4 nitrogen and oxygen atoms in total. The molecule has 0 atom stereocenters. The molecule has 0 aliphatic carbocycles. The molecule has 0 saturated carbocycles. The fourth-order valence-corrected chi connectivity index (χ4v) is 3.32. The lowest BCUT2D eigenvalue weighted by atomic mass is 10.1. The van der Waals surface area contributed by atoms with E-state index in [-0.39, 0.29) is 0 Å². The number of nitrogens with zero attached hydrogens (tertiary/aromatic N) is 1. The molecule has 0 bridgehead atoms. The number of anilines is 1. The van der Waals surface area contributed by atoms with E-state index in [1.807, 2.05) is 73.7 Å². The minimum absolute atomic E-state index is 0.574. The maximum atomic E-state index is 6.02. The summed E-state index contributed by atoms with van der Waals surface area (Å²) >= 11 is 5.50. The van der Waals surface area contributed by atoms with Crippen molar-refractivity contribution in [3.05, 3.63) is 77.9 Å². The van der Waals surface area contributed by atoms with E-state index in [9.17, 15) is 0 Å². The van der Waals surface area contributed by atoms with E-state index in [2.05, 4.69) is 5.32 Å². The molecule has 0 saturated heterocycles. The minimum atomic E-state index is 0.574. The van der Waals surface area contributed by atoms with Crippen LogP contribution in [0, 0.1) is 6.92 Å². The first-order chi connectivity index (χ1) is 13.6. The number of nitrogens with one attached hydrogen (secondary N) is 1. The molecular formula is C23H20N2O2S. The Bertz CT molecular complexity index is 1060. The third-order valence-electron chi connectivity index (χ3n) is 4.48. The quantitative estimate of drug-likeness (QED) is 0.552. The topological polar surface area (TPSA) is 42.9 Å². The standard InChI is InChI=1S/C23H20N2O2S/c1-15-4-3-5-18(12-15)27-19-10-11-20-22(13-19)24-21(14-23(28)25-20)16-6-8-17(26-2)9-7-16/h3-13H,14H2,1-2H3,(H,25,28). The van der Waals surface area contributed by atoms with Crippen LogP contribution in [0.3, 0.4) is 0 Å². The van der Waals surface area contributed by atoms with Crippen molar-refractivity contribution in [2.45, 2.75) is 13.3 Å². The number of ether oxygens (including phenoxy) is 2. The second kappa shape index (κ2) is 7.82. The molecule has 0 amide bonds. The van der Waals surface area contributed by atoms with Gasteiger partial charge in [-0.05, 0) is 66.6 Å². The van der Waals surface area contributed by atoms with Gasteiger partial charge < -0.3 is 14.8 Å². The molecule has 4 rings (SSSR count). The molecule has 0 spiro atoms. The van der Waals surface area contributed by atoms with Gasteiger partial charge in [0.1, 0.15) is 17.2 Å². The van der Waals surface area contributed by atoms with Crippen molar-refractivity contribution < 1.29 is 9.47 Å². The first-order valence-electron chi connectivity index (χ1n) is 9.01.